The average molecular weight is 498 g/mol. The Kier molecular flexibility index (Phi) is 7.13. The zero-order valence-corrected chi connectivity index (χ0v) is 19.6. The molecule has 0 spiro atoms. The molecule has 0 aliphatic heterocycles. The monoisotopic (exact) mass is 496 g/mol. The van der Waals surface area contributed by atoms with Crippen LogP contribution in [0.15, 0.2) is 60.7 Å². The molecule has 0 aromatic heterocycles. The van der Waals surface area contributed by atoms with Gasteiger partial charge in [0.15, 0.2) is 5.75 Å². The predicted molar refractivity (Wildman–Crippen MR) is 123 cm³/mol. The average Bonchev–Trinajstić information content (AvgIpc) is 2.78. The zero-order valence-electron chi connectivity index (χ0n) is 16.4. The molecule has 0 heterocycles. The fraction of sp³-hybridized carbons (Fsp3) is 0.0909. The Morgan fingerprint density at radius 1 is 0.710 bits per heavy atom. The van der Waals surface area contributed by atoms with Crippen molar-refractivity contribution in [2.45, 2.75) is 0 Å². The Morgan fingerprint density at radius 3 is 1.84 bits per heavy atom. The molecular weight excluding hydrogens is 482 g/mol. The second-order valence-corrected chi connectivity index (χ2v) is 10.1. The minimum Gasteiger partial charge on any atom is -0.496 e. The van der Waals surface area contributed by atoms with Gasteiger partial charge in [-0.3, -0.25) is 9.59 Å². The molecular formula is C22H16Cl3O5P. The summed E-state index contributed by atoms with van der Waals surface area (Å²) < 4.78 is 25.0. The van der Waals surface area contributed by atoms with Crippen LogP contribution in [-0.4, -0.2) is 25.3 Å². The maximum Gasteiger partial charge on any atom is 0.249 e. The van der Waals surface area contributed by atoms with E-state index in [1.165, 1.54) is 50.6 Å². The van der Waals surface area contributed by atoms with Crippen LogP contribution in [-0.2, 0) is 4.57 Å². The molecule has 0 bridgehead atoms. The summed E-state index contributed by atoms with van der Waals surface area (Å²) in [5, 5.41) is 0.0671. The molecule has 0 radical (unpaired) electrons. The highest BCUT2D eigenvalue weighted by atomic mass is 35.5. The van der Waals surface area contributed by atoms with Crippen LogP contribution >= 0.6 is 41.9 Å². The summed E-state index contributed by atoms with van der Waals surface area (Å²) in [6.07, 6.45) is 0. The van der Waals surface area contributed by atoms with Crippen molar-refractivity contribution in [2.75, 3.05) is 14.2 Å². The quantitative estimate of drug-likeness (QED) is 0.357. The minimum atomic E-state index is -4.52. The van der Waals surface area contributed by atoms with Gasteiger partial charge in [0, 0.05) is 5.30 Å². The molecule has 0 aliphatic rings. The lowest BCUT2D eigenvalue weighted by Gasteiger charge is -2.20. The molecule has 0 amide bonds. The van der Waals surface area contributed by atoms with E-state index >= 15 is 0 Å². The van der Waals surface area contributed by atoms with Gasteiger partial charge in [0.2, 0.25) is 18.2 Å². The zero-order chi connectivity index (χ0) is 22.8. The second kappa shape index (κ2) is 9.46. The maximum absolute atomic E-state index is 14.4. The van der Waals surface area contributed by atoms with Crippen molar-refractivity contribution in [3.63, 3.8) is 0 Å². The second-order valence-electron chi connectivity index (χ2n) is 6.31. The molecule has 9 heteroatoms. The summed E-state index contributed by atoms with van der Waals surface area (Å²) in [5.41, 5.74) is -2.41. The Morgan fingerprint density at radius 2 is 1.29 bits per heavy atom. The van der Waals surface area contributed by atoms with Gasteiger partial charge >= 0.3 is 0 Å². The van der Waals surface area contributed by atoms with Crippen LogP contribution in [0.25, 0.3) is 0 Å². The van der Waals surface area contributed by atoms with Gasteiger partial charge in [-0.15, -0.1) is 0 Å². The Hall–Kier alpha value is -2.30. The van der Waals surface area contributed by atoms with E-state index in [1.807, 2.05) is 0 Å². The summed E-state index contributed by atoms with van der Waals surface area (Å²) in [6.45, 7) is 0. The number of hydrogen-bond donors (Lipinski definition) is 0. The van der Waals surface area contributed by atoms with Gasteiger partial charge < -0.3 is 14.0 Å². The molecule has 0 fully saturated rings. The molecule has 5 nitrogen and oxygen atoms in total. The van der Waals surface area contributed by atoms with E-state index < -0.39 is 18.2 Å². The number of ether oxygens (including phenoxy) is 2. The summed E-state index contributed by atoms with van der Waals surface area (Å²) in [5.74, 6) is 0.000639. The maximum atomic E-state index is 14.4. The summed E-state index contributed by atoms with van der Waals surface area (Å²) in [4.78, 5) is 27.5. The third kappa shape index (κ3) is 4.11. The van der Waals surface area contributed by atoms with E-state index in [1.54, 1.807) is 24.3 Å². The third-order valence-corrected chi connectivity index (χ3v) is 8.12. The fourth-order valence-corrected chi connectivity index (χ4v) is 6.36. The normalized spacial score (nSPS) is 12.7. The van der Waals surface area contributed by atoms with Crippen molar-refractivity contribution in [3.8, 4) is 11.5 Å². The molecule has 0 saturated carbocycles. The van der Waals surface area contributed by atoms with Crippen LogP contribution in [0.3, 0.4) is 0 Å². The van der Waals surface area contributed by atoms with Gasteiger partial charge in [-0.25, -0.2) is 0 Å². The van der Waals surface area contributed by atoms with E-state index in [0.717, 1.165) is 0 Å². The largest absolute Gasteiger partial charge is 0.496 e. The standard InChI is InChI=1S/C22H16Cl3O5P/c1-29-17-12-11-16(25)20(30-2)19(17)22(27)31(28,13-7-4-3-5-8-13)21(26)18-14(23)9-6-10-15(18)24/h3-12H,1-2H3. The van der Waals surface area contributed by atoms with E-state index in [0.29, 0.717) is 0 Å². The topological polar surface area (TPSA) is 69.7 Å². The van der Waals surface area contributed by atoms with Gasteiger partial charge in [0.25, 0.3) is 0 Å². The lowest BCUT2D eigenvalue weighted by Crippen LogP contribution is -2.22. The van der Waals surface area contributed by atoms with Crippen molar-refractivity contribution in [1.82, 2.24) is 0 Å². The van der Waals surface area contributed by atoms with Crippen molar-refractivity contribution < 1.29 is 23.6 Å². The molecule has 160 valence electrons. The van der Waals surface area contributed by atoms with E-state index in [9.17, 15) is 14.2 Å². The third-order valence-electron chi connectivity index (χ3n) is 4.58. The summed E-state index contributed by atoms with van der Waals surface area (Å²) >= 11 is 18.6. The van der Waals surface area contributed by atoms with Crippen LogP contribution in [0.5, 0.6) is 11.5 Å². The van der Waals surface area contributed by atoms with Crippen molar-refractivity contribution in [3.05, 3.63) is 86.9 Å². The first-order valence-corrected chi connectivity index (χ1v) is 11.7. The van der Waals surface area contributed by atoms with Crippen LogP contribution in [0, 0.1) is 0 Å². The Bertz CT molecular complexity index is 1190. The predicted octanol–water partition coefficient (Wildman–Crippen LogP) is 6.33. The number of benzene rings is 3. The van der Waals surface area contributed by atoms with Crippen LogP contribution in [0.4, 0.5) is 0 Å². The Balaban J connectivity index is 2.35. The van der Waals surface area contributed by atoms with Gasteiger partial charge in [-0.05, 0) is 24.3 Å². The molecule has 1 unspecified atom stereocenters. The Labute approximate surface area is 194 Å². The van der Waals surface area contributed by atoms with Crippen LogP contribution in [0.2, 0.25) is 15.1 Å². The molecule has 31 heavy (non-hydrogen) atoms. The highest BCUT2D eigenvalue weighted by molar-refractivity contribution is 8.01. The number of carbonyl (C=O) groups excluding carboxylic acids is 2. The van der Waals surface area contributed by atoms with E-state index in [4.69, 9.17) is 44.3 Å². The number of methoxy groups -OCH3 is 2. The van der Waals surface area contributed by atoms with E-state index in [2.05, 4.69) is 0 Å². The first-order chi connectivity index (χ1) is 14.8. The van der Waals surface area contributed by atoms with Gasteiger partial charge in [-0.2, -0.15) is 0 Å². The summed E-state index contributed by atoms with van der Waals surface area (Å²) in [7, 11) is -1.88. The molecule has 3 aromatic rings. The van der Waals surface area contributed by atoms with Crippen molar-refractivity contribution >= 4 is 58.3 Å². The lowest BCUT2D eigenvalue weighted by molar-refractivity contribution is 0.103. The molecule has 1 atom stereocenters. The number of halogens is 3. The molecule has 0 N–H and O–H groups in total. The van der Waals surface area contributed by atoms with Crippen molar-refractivity contribution in [1.29, 1.82) is 0 Å². The van der Waals surface area contributed by atoms with Gasteiger partial charge in [-0.1, -0.05) is 71.2 Å². The van der Waals surface area contributed by atoms with Crippen molar-refractivity contribution in [2.24, 2.45) is 0 Å². The number of carbonyl (C=O) groups is 2. The highest BCUT2D eigenvalue weighted by Gasteiger charge is 2.46. The van der Waals surface area contributed by atoms with Crippen LogP contribution in [0.1, 0.15) is 20.7 Å². The lowest BCUT2D eigenvalue weighted by atomic mass is 10.2. The van der Waals surface area contributed by atoms with Crippen LogP contribution < -0.4 is 14.8 Å². The van der Waals surface area contributed by atoms with Gasteiger partial charge in [0.1, 0.15) is 11.3 Å². The molecule has 3 aromatic carbocycles. The fourth-order valence-electron chi connectivity index (χ4n) is 3.09. The van der Waals surface area contributed by atoms with Gasteiger partial charge in [0.05, 0.1) is 34.9 Å². The number of hydrogen-bond acceptors (Lipinski definition) is 5. The minimum absolute atomic E-state index is 0.0186. The molecule has 3 rings (SSSR count). The smallest absolute Gasteiger partial charge is 0.249 e. The first-order valence-electron chi connectivity index (χ1n) is 8.87. The molecule has 0 saturated heterocycles. The highest BCUT2D eigenvalue weighted by Crippen LogP contribution is 2.55. The SMILES string of the molecule is COc1ccc(Cl)c(OC)c1C(=O)P(=O)(C(=O)c1c(Cl)cccc1Cl)c1ccccc1. The first kappa shape index (κ1) is 23.4. The molecule has 0 aliphatic carbocycles. The number of rotatable bonds is 7. The van der Waals surface area contributed by atoms with E-state index in [-0.39, 0.29) is 43.0 Å². The summed E-state index contributed by atoms with van der Waals surface area (Å²) in [6, 6.07) is 15.0.